The van der Waals surface area contributed by atoms with Crippen LogP contribution in [0, 0.1) is 5.92 Å². The minimum absolute atomic E-state index is 0.0551. The second-order valence-electron chi connectivity index (χ2n) is 6.49. The van der Waals surface area contributed by atoms with Crippen LogP contribution in [0.25, 0.3) is 10.9 Å². The number of nitrogens with one attached hydrogen (secondary N) is 1. The molecule has 0 aliphatic carbocycles. The maximum absolute atomic E-state index is 12.5. The maximum Gasteiger partial charge on any atom is 0.405 e. The van der Waals surface area contributed by atoms with Crippen LogP contribution in [0.3, 0.4) is 0 Å². The number of amides is 2. The Balaban J connectivity index is 1.51. The lowest BCUT2D eigenvalue weighted by molar-refractivity contribution is -0.143. The summed E-state index contributed by atoms with van der Waals surface area (Å²) in [4.78, 5) is 26.0. The number of piperidine rings is 1. The number of carbonyl (C=O) groups excluding carboxylic acids is 2. The van der Waals surface area contributed by atoms with Crippen molar-refractivity contribution < 1.29 is 22.8 Å². The molecule has 0 saturated carbocycles. The summed E-state index contributed by atoms with van der Waals surface area (Å²) in [5.74, 6) is -1.12. The third-order valence-electron chi connectivity index (χ3n) is 4.67. The fourth-order valence-electron chi connectivity index (χ4n) is 3.25. The largest absolute Gasteiger partial charge is 0.405 e. The van der Waals surface area contributed by atoms with E-state index in [0.717, 1.165) is 10.9 Å². The topological polar surface area (TPSA) is 54.3 Å². The van der Waals surface area contributed by atoms with Gasteiger partial charge in [0, 0.05) is 30.7 Å². The van der Waals surface area contributed by atoms with Crippen LogP contribution in [0.4, 0.5) is 13.2 Å². The van der Waals surface area contributed by atoms with Gasteiger partial charge >= 0.3 is 6.18 Å². The smallest absolute Gasteiger partial charge is 0.347 e. The van der Waals surface area contributed by atoms with Gasteiger partial charge in [-0.25, -0.2) is 0 Å². The lowest BCUT2D eigenvalue weighted by atomic mass is 9.96. The van der Waals surface area contributed by atoms with Gasteiger partial charge in [-0.2, -0.15) is 13.2 Å². The Kier molecular flexibility index (Phi) is 5.20. The minimum Gasteiger partial charge on any atom is -0.347 e. The highest BCUT2D eigenvalue weighted by Crippen LogP contribution is 2.20. The quantitative estimate of drug-likeness (QED) is 0.903. The van der Waals surface area contributed by atoms with Crippen molar-refractivity contribution >= 4 is 22.7 Å². The molecule has 0 spiro atoms. The molecule has 0 unspecified atom stereocenters. The van der Waals surface area contributed by atoms with Crippen LogP contribution in [0.5, 0.6) is 0 Å². The molecular formula is C18H20F3N3O2. The van der Waals surface area contributed by atoms with E-state index in [1.807, 2.05) is 46.4 Å². The van der Waals surface area contributed by atoms with E-state index in [4.69, 9.17) is 0 Å². The molecule has 1 aromatic heterocycles. The highest BCUT2D eigenvalue weighted by atomic mass is 19.4. The van der Waals surface area contributed by atoms with Crippen LogP contribution >= 0.6 is 0 Å². The van der Waals surface area contributed by atoms with Crippen molar-refractivity contribution in [2.45, 2.75) is 25.6 Å². The van der Waals surface area contributed by atoms with Crippen molar-refractivity contribution in [3.8, 4) is 0 Å². The number of alkyl halides is 3. The number of aromatic nitrogens is 1. The molecule has 140 valence electrons. The number of nitrogens with zero attached hydrogens (tertiary/aromatic N) is 2. The summed E-state index contributed by atoms with van der Waals surface area (Å²) in [6.07, 6.45) is -1.80. The first-order valence-electron chi connectivity index (χ1n) is 8.49. The zero-order valence-electron chi connectivity index (χ0n) is 14.1. The van der Waals surface area contributed by atoms with Crippen LogP contribution < -0.4 is 5.32 Å². The second-order valence-corrected chi connectivity index (χ2v) is 6.49. The first kappa shape index (κ1) is 18.3. The van der Waals surface area contributed by atoms with Gasteiger partial charge in [0.05, 0.1) is 0 Å². The summed E-state index contributed by atoms with van der Waals surface area (Å²) in [5.41, 5.74) is 0.974. The lowest BCUT2D eigenvalue weighted by Gasteiger charge is -2.31. The second kappa shape index (κ2) is 7.39. The SMILES string of the molecule is O=C(NCC(F)(F)F)C1CCN(C(=O)Cn2ccc3ccccc32)CC1. The Morgan fingerprint density at radius 1 is 1.12 bits per heavy atom. The summed E-state index contributed by atoms with van der Waals surface area (Å²) in [6.45, 7) is -0.353. The van der Waals surface area contributed by atoms with E-state index in [2.05, 4.69) is 0 Å². The standard InChI is InChI=1S/C18H20F3N3O2/c19-18(20,21)12-22-17(26)14-6-8-23(9-7-14)16(25)11-24-10-5-13-3-1-2-4-15(13)24/h1-5,10,14H,6-9,11-12H2,(H,22,26). The Morgan fingerprint density at radius 2 is 1.81 bits per heavy atom. The molecule has 0 radical (unpaired) electrons. The van der Waals surface area contributed by atoms with Crippen molar-refractivity contribution in [1.29, 1.82) is 0 Å². The number of rotatable bonds is 4. The van der Waals surface area contributed by atoms with Gasteiger partial charge in [0.2, 0.25) is 11.8 Å². The van der Waals surface area contributed by atoms with E-state index in [9.17, 15) is 22.8 Å². The molecule has 26 heavy (non-hydrogen) atoms. The van der Waals surface area contributed by atoms with Gasteiger partial charge in [-0.3, -0.25) is 9.59 Å². The van der Waals surface area contributed by atoms with Crippen LogP contribution in [0.1, 0.15) is 12.8 Å². The predicted octanol–water partition coefficient (Wildman–Crippen LogP) is 2.56. The molecule has 2 amide bonds. The molecule has 1 aliphatic heterocycles. The predicted molar refractivity (Wildman–Crippen MR) is 90.3 cm³/mol. The van der Waals surface area contributed by atoms with Crippen molar-refractivity contribution in [3.63, 3.8) is 0 Å². The molecule has 1 aliphatic rings. The van der Waals surface area contributed by atoms with Gasteiger partial charge in [-0.1, -0.05) is 18.2 Å². The maximum atomic E-state index is 12.5. The van der Waals surface area contributed by atoms with Crippen LogP contribution in [-0.4, -0.2) is 47.1 Å². The molecule has 2 aromatic rings. The van der Waals surface area contributed by atoms with Crippen LogP contribution in [0.2, 0.25) is 0 Å². The minimum atomic E-state index is -4.41. The van der Waals surface area contributed by atoms with Crippen molar-refractivity contribution in [2.75, 3.05) is 19.6 Å². The Morgan fingerprint density at radius 3 is 2.50 bits per heavy atom. The summed E-state index contributed by atoms with van der Waals surface area (Å²) in [6, 6.07) is 9.71. The van der Waals surface area contributed by atoms with Crippen molar-refractivity contribution in [2.24, 2.45) is 5.92 Å². The van der Waals surface area contributed by atoms with Crippen molar-refractivity contribution in [1.82, 2.24) is 14.8 Å². The zero-order chi connectivity index (χ0) is 18.7. The molecule has 0 bridgehead atoms. The Hall–Kier alpha value is -2.51. The number of benzene rings is 1. The monoisotopic (exact) mass is 367 g/mol. The number of likely N-dealkylation sites (tertiary alicyclic amines) is 1. The number of hydrogen-bond acceptors (Lipinski definition) is 2. The van der Waals surface area contributed by atoms with Gasteiger partial charge < -0.3 is 14.8 Å². The zero-order valence-corrected chi connectivity index (χ0v) is 14.1. The summed E-state index contributed by atoms with van der Waals surface area (Å²) < 4.78 is 38.4. The average Bonchev–Trinajstić information content (AvgIpc) is 3.02. The highest BCUT2D eigenvalue weighted by molar-refractivity contribution is 5.83. The molecule has 2 heterocycles. The van der Waals surface area contributed by atoms with Gasteiger partial charge in [-0.05, 0) is 30.4 Å². The molecule has 8 heteroatoms. The number of halogens is 3. The molecule has 5 nitrogen and oxygen atoms in total. The molecule has 1 aromatic carbocycles. The Bertz CT molecular complexity index is 792. The first-order chi connectivity index (χ1) is 12.3. The van der Waals surface area contributed by atoms with Crippen LogP contribution in [0.15, 0.2) is 36.5 Å². The molecule has 1 fully saturated rings. The number of para-hydroxylation sites is 1. The molecule has 1 N–H and O–H groups in total. The van der Waals surface area contributed by atoms with Gasteiger partial charge in [0.25, 0.3) is 0 Å². The average molecular weight is 367 g/mol. The van der Waals surface area contributed by atoms with E-state index < -0.39 is 24.5 Å². The molecule has 0 atom stereocenters. The first-order valence-corrected chi connectivity index (χ1v) is 8.49. The van der Waals surface area contributed by atoms with Gasteiger partial charge in [-0.15, -0.1) is 0 Å². The van der Waals surface area contributed by atoms with Gasteiger partial charge in [0.15, 0.2) is 0 Å². The third-order valence-corrected chi connectivity index (χ3v) is 4.67. The fourth-order valence-corrected chi connectivity index (χ4v) is 3.25. The van der Waals surface area contributed by atoms with Gasteiger partial charge in [0.1, 0.15) is 13.1 Å². The fraction of sp³-hybridized carbons (Fsp3) is 0.444. The summed E-state index contributed by atoms with van der Waals surface area (Å²) >= 11 is 0. The summed E-state index contributed by atoms with van der Waals surface area (Å²) in [5, 5.41) is 2.98. The van der Waals surface area contributed by atoms with E-state index in [1.165, 1.54) is 0 Å². The highest BCUT2D eigenvalue weighted by Gasteiger charge is 2.31. The Labute approximate surface area is 148 Å². The molecule has 3 rings (SSSR count). The lowest BCUT2D eigenvalue weighted by Crippen LogP contribution is -2.45. The van der Waals surface area contributed by atoms with E-state index >= 15 is 0 Å². The number of fused-ring (bicyclic) bond motifs is 1. The number of carbonyl (C=O) groups is 2. The van der Waals surface area contributed by atoms with Crippen LogP contribution in [-0.2, 0) is 16.1 Å². The van der Waals surface area contributed by atoms with E-state index in [1.54, 1.807) is 4.90 Å². The summed E-state index contributed by atoms with van der Waals surface area (Å²) in [7, 11) is 0. The number of hydrogen-bond donors (Lipinski definition) is 1. The molecular weight excluding hydrogens is 347 g/mol. The molecule has 1 saturated heterocycles. The van der Waals surface area contributed by atoms with E-state index in [0.29, 0.717) is 25.9 Å². The van der Waals surface area contributed by atoms with Crippen molar-refractivity contribution in [3.05, 3.63) is 36.5 Å². The normalized spacial score (nSPS) is 16.0. The third kappa shape index (κ3) is 4.36. The van der Waals surface area contributed by atoms with E-state index in [-0.39, 0.29) is 12.5 Å².